The number of alkyl halides is 3. The van der Waals surface area contributed by atoms with Crippen LogP contribution in [0.5, 0.6) is 5.75 Å². The number of rotatable bonds is 7. The van der Waals surface area contributed by atoms with Crippen molar-refractivity contribution in [3.8, 4) is 5.75 Å². The number of fused-ring (bicyclic) bond motifs is 1. The van der Waals surface area contributed by atoms with Gasteiger partial charge in [-0.15, -0.1) is 0 Å². The fourth-order valence-corrected chi connectivity index (χ4v) is 5.83. The number of nitrogens with zero attached hydrogens (tertiary/aromatic N) is 5. The molecule has 3 aromatic heterocycles. The van der Waals surface area contributed by atoms with Gasteiger partial charge in [0.15, 0.2) is 0 Å². The number of imide groups is 1. The van der Waals surface area contributed by atoms with Crippen LogP contribution in [0.2, 0.25) is 0 Å². The Hall–Kier alpha value is -4.85. The molecule has 0 spiro atoms. The van der Waals surface area contributed by atoms with E-state index in [0.29, 0.717) is 30.7 Å². The molecule has 11 nitrogen and oxygen atoms in total. The van der Waals surface area contributed by atoms with Gasteiger partial charge >= 0.3 is 6.18 Å². The minimum atomic E-state index is -4.67. The van der Waals surface area contributed by atoms with Gasteiger partial charge in [0.25, 0.3) is 5.91 Å². The predicted octanol–water partition coefficient (Wildman–Crippen LogP) is 4.46. The Morgan fingerprint density at radius 1 is 1.11 bits per heavy atom. The summed E-state index contributed by atoms with van der Waals surface area (Å²) in [5, 5.41) is 10.5. The number of halogens is 3. The van der Waals surface area contributed by atoms with Crippen molar-refractivity contribution in [3.05, 3.63) is 77.5 Å². The molecule has 1 unspecified atom stereocenters. The molecule has 2 saturated heterocycles. The Labute approximate surface area is 255 Å². The molecule has 4 aromatic rings. The second kappa shape index (κ2) is 12.3. The second-order valence-electron chi connectivity index (χ2n) is 11.2. The number of likely N-dealkylation sites (tertiary alicyclic amines) is 1. The molecule has 1 atom stereocenters. The first-order chi connectivity index (χ1) is 21.6. The molecule has 3 amide bonds. The summed E-state index contributed by atoms with van der Waals surface area (Å²) in [5.74, 6) is -1.38. The van der Waals surface area contributed by atoms with Gasteiger partial charge in [0.05, 0.1) is 30.3 Å². The summed E-state index contributed by atoms with van der Waals surface area (Å²) in [6.07, 6.45) is 3.19. The van der Waals surface area contributed by atoms with E-state index in [1.807, 2.05) is 16.9 Å². The summed E-state index contributed by atoms with van der Waals surface area (Å²) < 4.78 is 46.6. The van der Waals surface area contributed by atoms with Gasteiger partial charge in [-0.05, 0) is 48.6 Å². The maximum atomic E-state index is 13.1. The van der Waals surface area contributed by atoms with E-state index in [9.17, 15) is 27.6 Å². The Bertz CT molecular complexity index is 1770. The number of ether oxygens (including phenoxy) is 1. The van der Waals surface area contributed by atoms with Crippen molar-refractivity contribution in [1.82, 2.24) is 30.0 Å². The number of methoxy groups -OCH3 is 1. The number of nitrogens with one attached hydrogen (secondary N) is 2. The number of pyridine rings is 2. The summed E-state index contributed by atoms with van der Waals surface area (Å²) in [5.41, 5.74) is 1.24. The third kappa shape index (κ3) is 6.65. The van der Waals surface area contributed by atoms with E-state index in [2.05, 4.69) is 25.5 Å². The molecule has 2 aliphatic rings. The average molecular weight is 622 g/mol. The van der Waals surface area contributed by atoms with E-state index in [0.717, 1.165) is 54.6 Å². The Kier molecular flexibility index (Phi) is 8.23. The van der Waals surface area contributed by atoms with Crippen molar-refractivity contribution in [2.45, 2.75) is 50.4 Å². The molecule has 2 aliphatic heterocycles. The van der Waals surface area contributed by atoms with Crippen LogP contribution in [0.3, 0.4) is 0 Å². The number of carbonyl (C=O) groups is 3. The molecule has 2 N–H and O–H groups in total. The molecular weight excluding hydrogens is 591 g/mol. The molecule has 0 bridgehead atoms. The molecule has 6 rings (SSSR count). The lowest BCUT2D eigenvalue weighted by atomic mass is 9.91. The van der Waals surface area contributed by atoms with Gasteiger partial charge in [0, 0.05) is 56.1 Å². The zero-order valence-electron chi connectivity index (χ0n) is 24.3. The van der Waals surface area contributed by atoms with Crippen LogP contribution in [0.15, 0.2) is 55.0 Å². The number of amides is 3. The molecule has 1 aromatic carbocycles. The van der Waals surface area contributed by atoms with E-state index >= 15 is 0 Å². The van der Waals surface area contributed by atoms with Crippen LogP contribution in [-0.4, -0.2) is 62.6 Å². The molecule has 14 heteroatoms. The van der Waals surface area contributed by atoms with Crippen LogP contribution in [0.1, 0.15) is 65.0 Å². The number of piperidine rings is 2. The number of hydrogen-bond donors (Lipinski definition) is 2. The summed E-state index contributed by atoms with van der Waals surface area (Å²) in [4.78, 5) is 46.7. The Balaban J connectivity index is 1.11. The van der Waals surface area contributed by atoms with Crippen LogP contribution >= 0.6 is 0 Å². The Morgan fingerprint density at radius 2 is 1.91 bits per heavy atom. The zero-order chi connectivity index (χ0) is 31.7. The standard InChI is InChI=1S/C31H30F3N7O4/c1-45-26-13-24-20(12-25(26)37-30(44)23-3-2-4-27(36-23)31(32,33)34)17-41(39-24)21-7-9-40(10-8-21)16-18-11-19(15-35-14-18)22-5-6-28(42)38-29(22)43/h2-4,11-15,17,21-22H,5-10,16H2,1H3,(H,37,44)(H,38,42,43). The molecule has 45 heavy (non-hydrogen) atoms. The number of carbonyl (C=O) groups excluding carboxylic acids is 3. The van der Waals surface area contributed by atoms with Crippen LogP contribution in [0.4, 0.5) is 18.9 Å². The molecular formula is C31H30F3N7O4. The fraction of sp³-hybridized carbons (Fsp3) is 0.355. The molecule has 234 valence electrons. The second-order valence-corrected chi connectivity index (χ2v) is 11.2. The third-order valence-electron chi connectivity index (χ3n) is 8.16. The first kappa shape index (κ1) is 30.2. The van der Waals surface area contributed by atoms with E-state index in [1.165, 1.54) is 13.2 Å². The monoisotopic (exact) mass is 621 g/mol. The zero-order valence-corrected chi connectivity index (χ0v) is 24.3. The minimum absolute atomic E-state index is 0.139. The van der Waals surface area contributed by atoms with Crippen molar-refractivity contribution in [3.63, 3.8) is 0 Å². The molecule has 0 aliphatic carbocycles. The van der Waals surface area contributed by atoms with Crippen LogP contribution in [-0.2, 0) is 22.3 Å². The van der Waals surface area contributed by atoms with Crippen molar-refractivity contribution in [2.75, 3.05) is 25.5 Å². The normalized spacial score (nSPS) is 18.2. The molecule has 2 fully saturated rings. The smallest absolute Gasteiger partial charge is 0.433 e. The first-order valence-electron chi connectivity index (χ1n) is 14.5. The highest BCUT2D eigenvalue weighted by Gasteiger charge is 2.33. The summed E-state index contributed by atoms with van der Waals surface area (Å²) in [6.45, 7) is 2.32. The number of aromatic nitrogens is 4. The van der Waals surface area contributed by atoms with E-state index in [-0.39, 0.29) is 35.2 Å². The van der Waals surface area contributed by atoms with Gasteiger partial charge in [-0.3, -0.25) is 34.3 Å². The van der Waals surface area contributed by atoms with Gasteiger partial charge in [-0.1, -0.05) is 12.1 Å². The van der Waals surface area contributed by atoms with Crippen molar-refractivity contribution < 1.29 is 32.3 Å². The van der Waals surface area contributed by atoms with Crippen molar-refractivity contribution in [1.29, 1.82) is 0 Å². The van der Waals surface area contributed by atoms with E-state index < -0.39 is 17.8 Å². The maximum absolute atomic E-state index is 13.1. The van der Waals surface area contributed by atoms with Gasteiger partial charge in [0.1, 0.15) is 17.1 Å². The highest BCUT2D eigenvalue weighted by Crippen LogP contribution is 2.33. The van der Waals surface area contributed by atoms with E-state index in [1.54, 1.807) is 24.5 Å². The first-order valence-corrected chi connectivity index (χ1v) is 14.5. The van der Waals surface area contributed by atoms with Gasteiger partial charge in [-0.25, -0.2) is 4.98 Å². The number of hydrogen-bond acceptors (Lipinski definition) is 8. The van der Waals surface area contributed by atoms with Gasteiger partial charge in [0.2, 0.25) is 11.8 Å². The maximum Gasteiger partial charge on any atom is 0.433 e. The fourth-order valence-electron chi connectivity index (χ4n) is 5.83. The highest BCUT2D eigenvalue weighted by molar-refractivity contribution is 6.05. The van der Waals surface area contributed by atoms with Crippen molar-refractivity contribution in [2.24, 2.45) is 0 Å². The third-order valence-corrected chi connectivity index (χ3v) is 8.16. The number of benzene rings is 1. The molecule has 0 radical (unpaired) electrons. The van der Waals surface area contributed by atoms with Gasteiger partial charge in [-0.2, -0.15) is 18.3 Å². The minimum Gasteiger partial charge on any atom is -0.494 e. The quantitative estimate of drug-likeness (QED) is 0.289. The largest absolute Gasteiger partial charge is 0.494 e. The SMILES string of the molecule is COc1cc2nn(C3CCN(Cc4cncc(C5CCC(=O)NC5=O)c4)CC3)cc2cc1NC(=O)c1cccc(C(F)(F)F)n1. The van der Waals surface area contributed by atoms with Crippen LogP contribution in [0, 0.1) is 0 Å². The lowest BCUT2D eigenvalue weighted by molar-refractivity contribution is -0.141. The summed E-state index contributed by atoms with van der Waals surface area (Å²) >= 11 is 0. The highest BCUT2D eigenvalue weighted by atomic mass is 19.4. The molecule has 0 saturated carbocycles. The van der Waals surface area contributed by atoms with Crippen LogP contribution in [0.25, 0.3) is 10.9 Å². The summed E-state index contributed by atoms with van der Waals surface area (Å²) in [6, 6.07) is 8.65. The van der Waals surface area contributed by atoms with Gasteiger partial charge < -0.3 is 10.1 Å². The summed E-state index contributed by atoms with van der Waals surface area (Å²) in [7, 11) is 1.43. The van der Waals surface area contributed by atoms with E-state index in [4.69, 9.17) is 9.84 Å². The molecule has 5 heterocycles. The van der Waals surface area contributed by atoms with Crippen LogP contribution < -0.4 is 15.4 Å². The lowest BCUT2D eigenvalue weighted by Gasteiger charge is -2.32. The Morgan fingerprint density at radius 3 is 2.64 bits per heavy atom. The topological polar surface area (TPSA) is 131 Å². The predicted molar refractivity (Wildman–Crippen MR) is 156 cm³/mol. The lowest BCUT2D eigenvalue weighted by Crippen LogP contribution is -2.39. The average Bonchev–Trinajstić information content (AvgIpc) is 3.43. The number of anilines is 1. The van der Waals surface area contributed by atoms with Crippen molar-refractivity contribution >= 4 is 34.3 Å².